The van der Waals surface area contributed by atoms with E-state index in [4.69, 9.17) is 10.6 Å². The molecule has 0 radical (unpaired) electrons. The van der Waals surface area contributed by atoms with Gasteiger partial charge in [-0.1, -0.05) is 17.2 Å². The largest absolute Gasteiger partial charge is 0.396 e. The fourth-order valence-corrected chi connectivity index (χ4v) is 2.15. The van der Waals surface area contributed by atoms with E-state index in [1.165, 1.54) is 18.5 Å². The fraction of sp³-hybridized carbons (Fsp3) is 0.500. The molecule has 1 aliphatic heterocycles. The summed E-state index contributed by atoms with van der Waals surface area (Å²) in [6, 6.07) is 7.41. The van der Waals surface area contributed by atoms with Crippen molar-refractivity contribution in [1.29, 1.82) is 0 Å². The molecule has 1 unspecified atom stereocenters. The van der Waals surface area contributed by atoms with Gasteiger partial charge >= 0.3 is 0 Å². The molecule has 1 saturated heterocycles. The predicted octanol–water partition coefficient (Wildman–Crippen LogP) is 2.63. The van der Waals surface area contributed by atoms with E-state index in [0.29, 0.717) is 0 Å². The van der Waals surface area contributed by atoms with Gasteiger partial charge in [0.1, 0.15) is 0 Å². The van der Waals surface area contributed by atoms with E-state index in [2.05, 4.69) is 14.9 Å². The highest BCUT2D eigenvalue weighted by Crippen LogP contribution is 2.24. The molecule has 90 valence electrons. The summed E-state index contributed by atoms with van der Waals surface area (Å²) in [5, 5.41) is 12.7. The first kappa shape index (κ1) is 11.8. The van der Waals surface area contributed by atoms with Crippen LogP contribution in [0.4, 0.5) is 5.69 Å². The van der Waals surface area contributed by atoms with Crippen LogP contribution in [0, 0.1) is 0 Å². The third kappa shape index (κ3) is 2.70. The zero-order valence-corrected chi connectivity index (χ0v) is 9.66. The minimum absolute atomic E-state index is 0.160. The molecule has 1 heterocycles. The summed E-state index contributed by atoms with van der Waals surface area (Å²) in [5.74, 6) is 0. The Hall–Kier alpha value is -1.71. The zero-order chi connectivity index (χ0) is 12.1. The Morgan fingerprint density at radius 3 is 2.47 bits per heavy atom. The van der Waals surface area contributed by atoms with Crippen LogP contribution in [-0.4, -0.2) is 24.8 Å². The van der Waals surface area contributed by atoms with E-state index in [0.717, 1.165) is 18.7 Å². The Balaban J connectivity index is 2.13. The average molecular weight is 232 g/mol. The quantitative estimate of drug-likeness (QED) is 0.492. The molecule has 1 atom stereocenters. The molecular weight excluding hydrogens is 216 g/mol. The van der Waals surface area contributed by atoms with E-state index < -0.39 is 6.04 Å². The first-order valence-corrected chi connectivity index (χ1v) is 5.85. The van der Waals surface area contributed by atoms with Crippen molar-refractivity contribution in [3.63, 3.8) is 0 Å². The number of anilines is 1. The molecule has 1 fully saturated rings. The van der Waals surface area contributed by atoms with Crippen molar-refractivity contribution >= 4 is 5.69 Å². The Kier molecular flexibility index (Phi) is 3.85. The van der Waals surface area contributed by atoms with Gasteiger partial charge in [-0.25, -0.2) is 0 Å². The summed E-state index contributed by atoms with van der Waals surface area (Å²) in [6.45, 7) is 2.06. The summed E-state index contributed by atoms with van der Waals surface area (Å²) in [5.41, 5.74) is 10.4. The normalized spacial score (nSPS) is 16.6. The lowest BCUT2D eigenvalue weighted by Crippen LogP contribution is -2.17. The van der Waals surface area contributed by atoms with Crippen LogP contribution in [0.5, 0.6) is 0 Å². The molecule has 0 amide bonds. The fourth-order valence-electron chi connectivity index (χ4n) is 2.15. The molecule has 0 saturated carbocycles. The maximum atomic E-state index is 9.12. The number of aliphatic hydroxyl groups excluding tert-OH is 1. The highest BCUT2D eigenvalue weighted by molar-refractivity contribution is 5.48. The molecule has 1 aromatic rings. The Morgan fingerprint density at radius 1 is 1.29 bits per heavy atom. The van der Waals surface area contributed by atoms with Crippen molar-refractivity contribution in [2.45, 2.75) is 18.9 Å². The summed E-state index contributed by atoms with van der Waals surface area (Å²) in [6.07, 6.45) is 2.50. The summed E-state index contributed by atoms with van der Waals surface area (Å²) < 4.78 is 0. The highest BCUT2D eigenvalue weighted by Gasteiger charge is 2.13. The predicted molar refractivity (Wildman–Crippen MR) is 66.9 cm³/mol. The second-order valence-corrected chi connectivity index (χ2v) is 4.19. The van der Waals surface area contributed by atoms with Gasteiger partial charge in [-0.05, 0) is 36.1 Å². The monoisotopic (exact) mass is 232 g/mol. The van der Waals surface area contributed by atoms with Crippen molar-refractivity contribution in [2.24, 2.45) is 5.11 Å². The molecule has 1 N–H and O–H groups in total. The van der Waals surface area contributed by atoms with Gasteiger partial charge in [-0.2, -0.15) is 0 Å². The van der Waals surface area contributed by atoms with Gasteiger partial charge in [-0.3, -0.25) is 0 Å². The Morgan fingerprint density at radius 2 is 1.94 bits per heavy atom. The molecule has 5 heteroatoms. The van der Waals surface area contributed by atoms with Gasteiger partial charge in [0.05, 0.1) is 12.6 Å². The SMILES string of the molecule is [N-]=[N+]=NC(CO)c1ccc(N2CCCC2)cc1. The van der Waals surface area contributed by atoms with Crippen LogP contribution in [-0.2, 0) is 0 Å². The van der Waals surface area contributed by atoms with Gasteiger partial charge in [0.2, 0.25) is 0 Å². The maximum Gasteiger partial charge on any atom is 0.0856 e. The molecule has 0 spiro atoms. The third-order valence-corrected chi connectivity index (χ3v) is 3.11. The number of benzene rings is 1. The number of hydrogen-bond donors (Lipinski definition) is 1. The van der Waals surface area contributed by atoms with Gasteiger partial charge in [0, 0.05) is 23.7 Å². The standard InChI is InChI=1S/C12H16N4O/c13-15-14-12(9-17)10-3-5-11(6-4-10)16-7-1-2-8-16/h3-6,12,17H,1-2,7-9H2. The first-order chi connectivity index (χ1) is 8.35. The summed E-state index contributed by atoms with van der Waals surface area (Å²) >= 11 is 0. The minimum atomic E-state index is -0.479. The summed E-state index contributed by atoms with van der Waals surface area (Å²) in [7, 11) is 0. The van der Waals surface area contributed by atoms with E-state index in [1.807, 2.05) is 24.3 Å². The van der Waals surface area contributed by atoms with Crippen molar-refractivity contribution in [3.05, 3.63) is 40.3 Å². The molecule has 0 aliphatic carbocycles. The molecule has 17 heavy (non-hydrogen) atoms. The summed E-state index contributed by atoms with van der Waals surface area (Å²) in [4.78, 5) is 5.08. The lowest BCUT2D eigenvalue weighted by molar-refractivity contribution is 0.268. The van der Waals surface area contributed by atoms with Crippen LogP contribution >= 0.6 is 0 Å². The lowest BCUT2D eigenvalue weighted by Gasteiger charge is -2.18. The van der Waals surface area contributed by atoms with Gasteiger partial charge in [0.25, 0.3) is 0 Å². The number of aliphatic hydroxyl groups is 1. The average Bonchev–Trinajstić information content (AvgIpc) is 2.90. The van der Waals surface area contributed by atoms with Gasteiger partial charge in [-0.15, -0.1) is 0 Å². The van der Waals surface area contributed by atoms with Crippen LogP contribution in [0.3, 0.4) is 0 Å². The maximum absolute atomic E-state index is 9.12. The third-order valence-electron chi connectivity index (χ3n) is 3.11. The van der Waals surface area contributed by atoms with Crippen LogP contribution in [0.2, 0.25) is 0 Å². The van der Waals surface area contributed by atoms with Gasteiger partial charge < -0.3 is 10.0 Å². The second-order valence-electron chi connectivity index (χ2n) is 4.19. The minimum Gasteiger partial charge on any atom is -0.396 e. The van der Waals surface area contributed by atoms with Crippen molar-refractivity contribution < 1.29 is 5.11 Å². The first-order valence-electron chi connectivity index (χ1n) is 5.85. The molecule has 5 nitrogen and oxygen atoms in total. The smallest absolute Gasteiger partial charge is 0.0856 e. The lowest BCUT2D eigenvalue weighted by atomic mass is 10.1. The molecule has 2 rings (SSSR count). The molecule has 0 aromatic heterocycles. The molecular formula is C12H16N4O. The van der Waals surface area contributed by atoms with Crippen molar-refractivity contribution in [2.75, 3.05) is 24.6 Å². The Labute approximate surface area is 100 Å². The van der Waals surface area contributed by atoms with E-state index in [1.54, 1.807) is 0 Å². The Bertz CT molecular complexity index is 405. The van der Waals surface area contributed by atoms with Crippen molar-refractivity contribution in [1.82, 2.24) is 0 Å². The van der Waals surface area contributed by atoms with E-state index >= 15 is 0 Å². The molecule has 0 bridgehead atoms. The van der Waals surface area contributed by atoms with Crippen LogP contribution in [0.15, 0.2) is 29.4 Å². The van der Waals surface area contributed by atoms with Gasteiger partial charge in [0.15, 0.2) is 0 Å². The number of nitrogens with zero attached hydrogens (tertiary/aromatic N) is 4. The highest BCUT2D eigenvalue weighted by atomic mass is 16.3. The van der Waals surface area contributed by atoms with Crippen LogP contribution in [0.1, 0.15) is 24.4 Å². The van der Waals surface area contributed by atoms with E-state index in [9.17, 15) is 0 Å². The number of azide groups is 1. The van der Waals surface area contributed by atoms with Crippen LogP contribution in [0.25, 0.3) is 10.4 Å². The number of hydrogen-bond acceptors (Lipinski definition) is 3. The second kappa shape index (κ2) is 5.57. The topological polar surface area (TPSA) is 72.2 Å². The number of rotatable bonds is 4. The molecule has 1 aliphatic rings. The zero-order valence-electron chi connectivity index (χ0n) is 9.66. The van der Waals surface area contributed by atoms with E-state index in [-0.39, 0.29) is 6.61 Å². The van der Waals surface area contributed by atoms with Crippen LogP contribution < -0.4 is 4.90 Å². The molecule has 1 aromatic carbocycles. The van der Waals surface area contributed by atoms with Crippen molar-refractivity contribution in [3.8, 4) is 0 Å².